The van der Waals surface area contributed by atoms with E-state index in [9.17, 15) is 0 Å². The summed E-state index contributed by atoms with van der Waals surface area (Å²) in [7, 11) is 0. The van der Waals surface area contributed by atoms with Crippen LogP contribution in [0.5, 0.6) is 5.75 Å². The molecule has 1 aliphatic heterocycles. The molecular weight excluding hydrogens is 284 g/mol. The van der Waals surface area contributed by atoms with Gasteiger partial charge in [-0.2, -0.15) is 0 Å². The highest BCUT2D eigenvalue weighted by atomic mass is 16.5. The molecule has 1 N–H and O–H groups in total. The molecule has 2 rings (SSSR count). The van der Waals surface area contributed by atoms with E-state index in [1.54, 1.807) is 0 Å². The summed E-state index contributed by atoms with van der Waals surface area (Å²) < 4.78 is 5.82. The molecule has 3 nitrogen and oxygen atoms in total. The van der Waals surface area contributed by atoms with Gasteiger partial charge < -0.3 is 15.0 Å². The highest BCUT2D eigenvalue weighted by molar-refractivity contribution is 5.41. The Hall–Kier alpha value is -1.06. The van der Waals surface area contributed by atoms with Gasteiger partial charge in [-0.25, -0.2) is 0 Å². The van der Waals surface area contributed by atoms with Crippen LogP contribution >= 0.6 is 0 Å². The number of nitrogens with one attached hydrogen (secondary N) is 1. The smallest absolute Gasteiger partial charge is 0.123 e. The van der Waals surface area contributed by atoms with Crippen molar-refractivity contribution in [2.24, 2.45) is 0 Å². The van der Waals surface area contributed by atoms with E-state index in [0.29, 0.717) is 0 Å². The second kappa shape index (κ2) is 8.70. The van der Waals surface area contributed by atoms with Gasteiger partial charge in [-0.3, -0.25) is 0 Å². The van der Waals surface area contributed by atoms with E-state index in [1.807, 2.05) is 0 Å². The van der Waals surface area contributed by atoms with Crippen LogP contribution < -0.4 is 10.1 Å². The molecule has 3 heteroatoms. The zero-order valence-corrected chi connectivity index (χ0v) is 15.5. The molecule has 0 amide bonds. The van der Waals surface area contributed by atoms with Crippen LogP contribution in [0.2, 0.25) is 0 Å². The number of benzene rings is 1. The largest absolute Gasteiger partial charge is 0.494 e. The standard InChI is InChI=1S/C20H34N2O/c1-5-23-19-10-9-17(16-18(19)20(2,3)4)8-6-13-22-14-7-11-21-12-15-22/h9-10,16,21H,5-8,11-15H2,1-4H3. The Morgan fingerprint density at radius 2 is 2.00 bits per heavy atom. The van der Waals surface area contributed by atoms with E-state index >= 15 is 0 Å². The molecule has 0 aromatic heterocycles. The van der Waals surface area contributed by atoms with Crippen molar-refractivity contribution < 1.29 is 4.74 Å². The zero-order chi connectivity index (χ0) is 16.7. The molecule has 1 aromatic carbocycles. The Balaban J connectivity index is 1.94. The monoisotopic (exact) mass is 318 g/mol. The molecule has 1 fully saturated rings. The number of aryl methyl sites for hydroxylation is 1. The summed E-state index contributed by atoms with van der Waals surface area (Å²) in [5.41, 5.74) is 2.89. The first kappa shape index (κ1) is 18.3. The Labute approximate surface area is 142 Å². The van der Waals surface area contributed by atoms with Gasteiger partial charge in [0.1, 0.15) is 5.75 Å². The van der Waals surface area contributed by atoms with Crippen LogP contribution in [0.25, 0.3) is 0 Å². The number of hydrogen-bond donors (Lipinski definition) is 1. The zero-order valence-electron chi connectivity index (χ0n) is 15.5. The maximum absolute atomic E-state index is 5.82. The third-order valence-electron chi connectivity index (χ3n) is 4.52. The Kier molecular flexibility index (Phi) is 6.91. The number of rotatable bonds is 6. The van der Waals surface area contributed by atoms with E-state index < -0.39 is 0 Å². The minimum Gasteiger partial charge on any atom is -0.494 e. The summed E-state index contributed by atoms with van der Waals surface area (Å²) in [4.78, 5) is 2.60. The van der Waals surface area contributed by atoms with Gasteiger partial charge in [0, 0.05) is 13.1 Å². The van der Waals surface area contributed by atoms with Crippen molar-refractivity contribution in [3.63, 3.8) is 0 Å². The molecule has 1 aromatic rings. The summed E-state index contributed by atoms with van der Waals surface area (Å²) in [6.07, 6.45) is 3.66. The average Bonchev–Trinajstić information content (AvgIpc) is 2.76. The first-order valence-corrected chi connectivity index (χ1v) is 9.20. The van der Waals surface area contributed by atoms with Gasteiger partial charge in [-0.1, -0.05) is 32.9 Å². The van der Waals surface area contributed by atoms with Crippen molar-refractivity contribution >= 4 is 0 Å². The summed E-state index contributed by atoms with van der Waals surface area (Å²) in [5.74, 6) is 1.04. The van der Waals surface area contributed by atoms with Crippen molar-refractivity contribution in [2.45, 2.75) is 52.4 Å². The maximum Gasteiger partial charge on any atom is 0.123 e. The van der Waals surface area contributed by atoms with Crippen molar-refractivity contribution in [2.75, 3.05) is 39.3 Å². The van der Waals surface area contributed by atoms with Crippen molar-refractivity contribution in [1.29, 1.82) is 0 Å². The lowest BCUT2D eigenvalue weighted by atomic mass is 9.85. The van der Waals surface area contributed by atoms with E-state index in [-0.39, 0.29) is 5.41 Å². The molecular formula is C20H34N2O. The first-order chi connectivity index (χ1) is 11.0. The van der Waals surface area contributed by atoms with Gasteiger partial charge in [0.2, 0.25) is 0 Å². The van der Waals surface area contributed by atoms with Gasteiger partial charge in [-0.05, 0) is 68.4 Å². The SMILES string of the molecule is CCOc1ccc(CCCN2CCCNCC2)cc1C(C)(C)C. The topological polar surface area (TPSA) is 24.5 Å². The molecule has 0 aliphatic carbocycles. The van der Waals surface area contributed by atoms with Crippen LogP contribution in [0.15, 0.2) is 18.2 Å². The number of ether oxygens (including phenoxy) is 1. The fourth-order valence-corrected chi connectivity index (χ4v) is 3.23. The average molecular weight is 319 g/mol. The second-order valence-electron chi connectivity index (χ2n) is 7.56. The summed E-state index contributed by atoms with van der Waals surface area (Å²) in [6.45, 7) is 15.5. The molecule has 1 saturated heterocycles. The predicted octanol–water partition coefficient (Wildman–Crippen LogP) is 3.61. The molecule has 0 radical (unpaired) electrons. The van der Waals surface area contributed by atoms with Gasteiger partial charge >= 0.3 is 0 Å². The predicted molar refractivity (Wildman–Crippen MR) is 98.6 cm³/mol. The van der Waals surface area contributed by atoms with Gasteiger partial charge in [-0.15, -0.1) is 0 Å². The third-order valence-corrected chi connectivity index (χ3v) is 4.52. The first-order valence-electron chi connectivity index (χ1n) is 9.20. The minimum absolute atomic E-state index is 0.122. The maximum atomic E-state index is 5.82. The molecule has 130 valence electrons. The summed E-state index contributed by atoms with van der Waals surface area (Å²) >= 11 is 0. The van der Waals surface area contributed by atoms with Crippen molar-refractivity contribution in [1.82, 2.24) is 10.2 Å². The molecule has 0 unspecified atom stereocenters. The van der Waals surface area contributed by atoms with Gasteiger partial charge in [0.25, 0.3) is 0 Å². The second-order valence-corrected chi connectivity index (χ2v) is 7.56. The summed E-state index contributed by atoms with van der Waals surface area (Å²) in [6, 6.07) is 6.76. The molecule has 0 atom stereocenters. The molecule has 1 heterocycles. The fraction of sp³-hybridized carbons (Fsp3) is 0.700. The highest BCUT2D eigenvalue weighted by Crippen LogP contribution is 2.32. The van der Waals surface area contributed by atoms with E-state index in [4.69, 9.17) is 4.74 Å². The van der Waals surface area contributed by atoms with Crippen LogP contribution in [0.4, 0.5) is 0 Å². The molecule has 0 saturated carbocycles. The molecule has 1 aliphatic rings. The molecule has 23 heavy (non-hydrogen) atoms. The lowest BCUT2D eigenvalue weighted by Crippen LogP contribution is -2.29. The molecule has 0 bridgehead atoms. The van der Waals surface area contributed by atoms with Crippen LogP contribution in [0.1, 0.15) is 51.7 Å². The van der Waals surface area contributed by atoms with E-state index in [0.717, 1.165) is 25.3 Å². The van der Waals surface area contributed by atoms with Crippen LogP contribution in [-0.4, -0.2) is 44.2 Å². The van der Waals surface area contributed by atoms with Gasteiger partial charge in [0.15, 0.2) is 0 Å². The lowest BCUT2D eigenvalue weighted by Gasteiger charge is -2.24. The van der Waals surface area contributed by atoms with Crippen molar-refractivity contribution in [3.05, 3.63) is 29.3 Å². The fourth-order valence-electron chi connectivity index (χ4n) is 3.23. The third kappa shape index (κ3) is 5.82. The van der Waals surface area contributed by atoms with Crippen LogP contribution in [0.3, 0.4) is 0 Å². The number of hydrogen-bond acceptors (Lipinski definition) is 3. The Morgan fingerprint density at radius 3 is 2.74 bits per heavy atom. The van der Waals surface area contributed by atoms with E-state index in [2.05, 4.69) is 56.1 Å². The summed E-state index contributed by atoms with van der Waals surface area (Å²) in [5, 5.41) is 3.47. The lowest BCUT2D eigenvalue weighted by molar-refractivity contribution is 0.289. The quantitative estimate of drug-likeness (QED) is 0.867. The number of nitrogens with zero attached hydrogens (tertiary/aromatic N) is 1. The minimum atomic E-state index is 0.122. The van der Waals surface area contributed by atoms with Crippen LogP contribution in [-0.2, 0) is 11.8 Å². The normalized spacial score (nSPS) is 17.0. The van der Waals surface area contributed by atoms with E-state index in [1.165, 1.54) is 50.1 Å². The Bertz CT molecular complexity index is 471. The highest BCUT2D eigenvalue weighted by Gasteiger charge is 2.19. The van der Waals surface area contributed by atoms with Crippen molar-refractivity contribution in [3.8, 4) is 5.75 Å². The molecule has 0 spiro atoms. The Morgan fingerprint density at radius 1 is 1.17 bits per heavy atom. The van der Waals surface area contributed by atoms with Crippen LogP contribution in [0, 0.1) is 0 Å². The van der Waals surface area contributed by atoms with Gasteiger partial charge in [0.05, 0.1) is 6.61 Å².